The number of rotatable bonds is 4. The molecule has 9 nitrogen and oxygen atoms in total. The summed E-state index contributed by atoms with van der Waals surface area (Å²) in [4.78, 5) is 15.7. The van der Waals surface area contributed by atoms with Gasteiger partial charge in [-0.1, -0.05) is 34.6 Å². The van der Waals surface area contributed by atoms with Gasteiger partial charge in [-0.2, -0.15) is 0 Å². The minimum absolute atomic E-state index is 0.0949. The number of aliphatic hydroxyl groups excluding tert-OH is 1. The second kappa shape index (κ2) is 13.9. The van der Waals surface area contributed by atoms with Gasteiger partial charge in [0.15, 0.2) is 6.29 Å². The van der Waals surface area contributed by atoms with Gasteiger partial charge in [-0.25, -0.2) is 0 Å². The predicted molar refractivity (Wildman–Crippen MR) is 159 cm³/mol. The number of esters is 1. The van der Waals surface area contributed by atoms with Crippen LogP contribution in [0.4, 0.5) is 0 Å². The van der Waals surface area contributed by atoms with Crippen molar-refractivity contribution in [2.75, 3.05) is 20.7 Å². The van der Waals surface area contributed by atoms with Crippen LogP contribution in [0.1, 0.15) is 95.4 Å². The lowest BCUT2D eigenvalue weighted by Gasteiger charge is -2.47. The molecule has 41 heavy (non-hydrogen) atoms. The number of carbonyl (C=O) groups is 1. The van der Waals surface area contributed by atoms with E-state index in [2.05, 4.69) is 20.8 Å². The van der Waals surface area contributed by atoms with E-state index in [0.29, 0.717) is 25.8 Å². The molecule has 2 fully saturated rings. The summed E-state index contributed by atoms with van der Waals surface area (Å²) in [5, 5.41) is 34.5. The van der Waals surface area contributed by atoms with Crippen molar-refractivity contribution in [3.63, 3.8) is 0 Å². The lowest BCUT2D eigenvalue weighted by molar-refractivity contribution is -0.284. The standard InChI is InChI=1S/C32H61NO8/c1-14-25-32(11,37)28(34)23(7)33(12)17-18(2)15-30(9,36)21(5)19(3)27(20(4)29(35)40-25)41-26-16-31(10,38-13)22(6)24(8)39-26/h18-28,34,36-37H,14-17H2,1-13H3/t18-,19-,20-,21-,22+,23-,24+,25-,26+,27+,28-,30-,31-,32-/m1/s1. The number of hydrogen-bond donors (Lipinski definition) is 3. The Bertz CT molecular complexity index is 852. The Balaban J connectivity index is 2.53. The Kier molecular flexibility index (Phi) is 12.3. The molecule has 2 heterocycles. The Morgan fingerprint density at radius 1 is 1.00 bits per heavy atom. The third-order valence-electron chi connectivity index (χ3n) is 10.9. The zero-order valence-corrected chi connectivity index (χ0v) is 28.0. The number of hydrogen-bond acceptors (Lipinski definition) is 9. The summed E-state index contributed by atoms with van der Waals surface area (Å²) in [5.74, 6) is -1.51. The third-order valence-corrected chi connectivity index (χ3v) is 10.9. The second-order valence-corrected chi connectivity index (χ2v) is 14.2. The van der Waals surface area contributed by atoms with E-state index in [1.165, 1.54) is 6.92 Å². The number of methoxy groups -OCH3 is 1. The van der Waals surface area contributed by atoms with Gasteiger partial charge < -0.3 is 39.2 Å². The highest BCUT2D eigenvalue weighted by molar-refractivity contribution is 5.73. The highest BCUT2D eigenvalue weighted by Gasteiger charge is 2.49. The Morgan fingerprint density at radius 3 is 2.12 bits per heavy atom. The van der Waals surface area contributed by atoms with Gasteiger partial charge in [0.1, 0.15) is 17.8 Å². The number of ether oxygens (including phenoxy) is 4. The van der Waals surface area contributed by atoms with Crippen LogP contribution < -0.4 is 0 Å². The first kappa shape index (κ1) is 36.4. The maximum absolute atomic E-state index is 13.7. The number of nitrogens with zero attached hydrogens (tertiary/aromatic N) is 1. The van der Waals surface area contributed by atoms with Crippen molar-refractivity contribution in [1.29, 1.82) is 0 Å². The average Bonchev–Trinajstić information content (AvgIpc) is 2.89. The van der Waals surface area contributed by atoms with Gasteiger partial charge in [-0.05, 0) is 79.2 Å². The third kappa shape index (κ3) is 8.02. The number of likely N-dealkylation sites (N-methyl/N-ethyl adjacent to an activating group) is 1. The number of carbonyl (C=O) groups excluding carboxylic acids is 1. The monoisotopic (exact) mass is 587 g/mol. The molecule has 3 N–H and O–H groups in total. The zero-order chi connectivity index (χ0) is 31.7. The van der Waals surface area contributed by atoms with E-state index in [-0.39, 0.29) is 29.8 Å². The SMILES string of the molecule is CC[C@H]1OC(=O)[C@H](C)[C@@H](O[C@H]2C[C@@](C)(OC)[C@@H](C)[C@H](C)O2)[C@H](C)[C@@H](C)[C@](C)(O)C[C@@H](C)CN(C)[C@H](C)[C@@H](O)[C@]1(C)O. The van der Waals surface area contributed by atoms with Crippen LogP contribution in [0.25, 0.3) is 0 Å². The van der Waals surface area contributed by atoms with Gasteiger partial charge in [-0.3, -0.25) is 4.79 Å². The largest absolute Gasteiger partial charge is 0.459 e. The fourth-order valence-electron chi connectivity index (χ4n) is 7.02. The van der Waals surface area contributed by atoms with E-state index in [4.69, 9.17) is 18.9 Å². The van der Waals surface area contributed by atoms with Gasteiger partial charge >= 0.3 is 5.97 Å². The Morgan fingerprint density at radius 2 is 1.59 bits per heavy atom. The summed E-state index contributed by atoms with van der Waals surface area (Å²) in [7, 11) is 3.60. The topological polar surface area (TPSA) is 118 Å². The molecule has 2 aliphatic rings. The van der Waals surface area contributed by atoms with E-state index >= 15 is 0 Å². The van der Waals surface area contributed by atoms with E-state index < -0.39 is 59.3 Å². The molecule has 14 atom stereocenters. The molecule has 2 rings (SSSR count). The fourth-order valence-corrected chi connectivity index (χ4v) is 7.02. The van der Waals surface area contributed by atoms with Gasteiger partial charge in [0.2, 0.25) is 0 Å². The summed E-state index contributed by atoms with van der Waals surface area (Å²) in [6.45, 7) is 21.7. The van der Waals surface area contributed by atoms with Gasteiger partial charge in [0, 0.05) is 32.0 Å². The summed E-state index contributed by atoms with van der Waals surface area (Å²) < 4.78 is 24.8. The maximum Gasteiger partial charge on any atom is 0.311 e. The van der Waals surface area contributed by atoms with Crippen LogP contribution in [0.2, 0.25) is 0 Å². The molecule has 0 amide bonds. The molecule has 0 spiro atoms. The van der Waals surface area contributed by atoms with Crippen LogP contribution in [0, 0.1) is 29.6 Å². The molecule has 0 aromatic heterocycles. The van der Waals surface area contributed by atoms with Crippen LogP contribution in [-0.2, 0) is 23.7 Å². The molecule has 242 valence electrons. The second-order valence-electron chi connectivity index (χ2n) is 14.2. The van der Waals surface area contributed by atoms with Crippen molar-refractivity contribution in [3.05, 3.63) is 0 Å². The predicted octanol–water partition coefficient (Wildman–Crippen LogP) is 4.00. The van der Waals surface area contributed by atoms with Crippen molar-refractivity contribution < 1.29 is 39.1 Å². The molecule has 0 unspecified atom stereocenters. The Hall–Kier alpha value is -0.810. The quantitative estimate of drug-likeness (QED) is 0.420. The van der Waals surface area contributed by atoms with Crippen molar-refractivity contribution in [2.24, 2.45) is 29.6 Å². The smallest absolute Gasteiger partial charge is 0.311 e. The maximum atomic E-state index is 13.7. The molecule has 0 aromatic rings. The average molecular weight is 588 g/mol. The van der Waals surface area contributed by atoms with Crippen LogP contribution in [0.3, 0.4) is 0 Å². The van der Waals surface area contributed by atoms with E-state index in [9.17, 15) is 20.1 Å². The summed E-state index contributed by atoms with van der Waals surface area (Å²) in [6, 6.07) is -0.414. The zero-order valence-electron chi connectivity index (χ0n) is 28.0. The van der Waals surface area contributed by atoms with Crippen LogP contribution >= 0.6 is 0 Å². The molecule has 2 saturated heterocycles. The van der Waals surface area contributed by atoms with E-state index in [0.717, 1.165) is 0 Å². The summed E-state index contributed by atoms with van der Waals surface area (Å²) in [5.41, 5.74) is -3.20. The molecule has 0 saturated carbocycles. The van der Waals surface area contributed by atoms with Gasteiger partial charge in [-0.15, -0.1) is 0 Å². The van der Waals surface area contributed by atoms with Crippen molar-refractivity contribution in [2.45, 2.75) is 149 Å². The first-order valence-corrected chi connectivity index (χ1v) is 15.6. The number of cyclic esters (lactones) is 1. The fraction of sp³-hybridized carbons (Fsp3) is 0.969. The van der Waals surface area contributed by atoms with Crippen molar-refractivity contribution in [1.82, 2.24) is 4.90 Å². The normalized spacial score (nSPS) is 50.0. The molecule has 0 bridgehead atoms. The molecule has 9 heteroatoms. The van der Waals surface area contributed by atoms with Crippen molar-refractivity contribution >= 4 is 5.97 Å². The van der Waals surface area contributed by atoms with Crippen LogP contribution in [0.15, 0.2) is 0 Å². The highest BCUT2D eigenvalue weighted by Crippen LogP contribution is 2.41. The first-order chi connectivity index (χ1) is 18.7. The number of aliphatic hydroxyl groups is 3. The first-order valence-electron chi connectivity index (χ1n) is 15.6. The lowest BCUT2D eigenvalue weighted by atomic mass is 9.72. The molecule has 0 aromatic carbocycles. The molecule has 0 aliphatic carbocycles. The minimum Gasteiger partial charge on any atom is -0.459 e. The lowest BCUT2D eigenvalue weighted by Crippen LogP contribution is -2.59. The van der Waals surface area contributed by atoms with Gasteiger partial charge in [0.25, 0.3) is 0 Å². The van der Waals surface area contributed by atoms with Gasteiger partial charge in [0.05, 0.1) is 29.3 Å². The van der Waals surface area contributed by atoms with Crippen LogP contribution in [0.5, 0.6) is 0 Å². The Labute approximate surface area is 249 Å². The molecule has 2 aliphatic heterocycles. The van der Waals surface area contributed by atoms with E-state index in [1.807, 2.05) is 53.5 Å². The minimum atomic E-state index is -1.68. The highest BCUT2D eigenvalue weighted by atomic mass is 16.7. The molecule has 0 radical (unpaired) electrons. The van der Waals surface area contributed by atoms with E-state index in [1.54, 1.807) is 14.0 Å². The van der Waals surface area contributed by atoms with Crippen molar-refractivity contribution in [3.8, 4) is 0 Å². The van der Waals surface area contributed by atoms with Crippen LogP contribution in [-0.4, -0.2) is 100 Å². The molecular weight excluding hydrogens is 526 g/mol. The summed E-state index contributed by atoms with van der Waals surface area (Å²) >= 11 is 0. The molecular formula is C32H61NO8. The summed E-state index contributed by atoms with van der Waals surface area (Å²) in [6.07, 6.45) is -2.15.